The quantitative estimate of drug-likeness (QED) is 0.720. The average molecular weight is 283 g/mol. The van der Waals surface area contributed by atoms with Crippen molar-refractivity contribution in [1.82, 2.24) is 20.2 Å². The fourth-order valence-electron chi connectivity index (χ4n) is 2.57. The van der Waals surface area contributed by atoms with Crippen LogP contribution >= 0.6 is 11.6 Å². The normalized spacial score (nSPS) is 22.4. The molecule has 1 aromatic rings. The third kappa shape index (κ3) is 2.03. The highest BCUT2D eigenvalue weighted by atomic mass is 35.5. The van der Waals surface area contributed by atoms with Crippen molar-refractivity contribution in [2.45, 2.75) is 13.0 Å². The Labute approximate surface area is 115 Å². The van der Waals surface area contributed by atoms with E-state index in [1.54, 1.807) is 0 Å². The first kappa shape index (κ1) is 12.3. The summed E-state index contributed by atoms with van der Waals surface area (Å²) in [5.41, 5.74) is 7.26. The molecule has 3 heterocycles. The van der Waals surface area contributed by atoms with Crippen molar-refractivity contribution in [2.24, 2.45) is 0 Å². The summed E-state index contributed by atoms with van der Waals surface area (Å²) in [6.45, 7) is 4.53. The molecule has 19 heavy (non-hydrogen) atoms. The number of nitrogen functional groups attached to an aromatic ring is 1. The van der Waals surface area contributed by atoms with Crippen LogP contribution < -0.4 is 16.0 Å². The fraction of sp³-hybridized carbons (Fsp3) is 0.545. The second kappa shape index (κ2) is 4.41. The highest BCUT2D eigenvalue weighted by molar-refractivity contribution is 6.28. The van der Waals surface area contributed by atoms with E-state index >= 15 is 0 Å². The number of nitrogens with one attached hydrogen (secondary N) is 1. The lowest BCUT2D eigenvalue weighted by Gasteiger charge is -2.37. The molecule has 3 rings (SSSR count). The highest BCUT2D eigenvalue weighted by Gasteiger charge is 2.36. The minimum absolute atomic E-state index is 0.00882. The summed E-state index contributed by atoms with van der Waals surface area (Å²) in [6, 6.07) is 0.171. The van der Waals surface area contributed by atoms with Crippen molar-refractivity contribution in [3.05, 3.63) is 11.0 Å². The first-order chi connectivity index (χ1) is 9.06. The molecule has 0 saturated carbocycles. The molecule has 0 aliphatic carbocycles. The van der Waals surface area contributed by atoms with Crippen LogP contribution in [0.25, 0.3) is 0 Å². The zero-order chi connectivity index (χ0) is 13.6. The minimum atomic E-state index is 0.00882. The standard InChI is InChI=1S/C11H15ClN6O/c1-6-8(13)9(16-10(12)15-6)17-2-3-18-7(5-17)4-14-11(18)19/h7H,2-5,13H2,1H3,(H,14,19). The van der Waals surface area contributed by atoms with Gasteiger partial charge in [0, 0.05) is 26.2 Å². The van der Waals surface area contributed by atoms with Gasteiger partial charge < -0.3 is 20.9 Å². The fourth-order valence-corrected chi connectivity index (χ4v) is 2.78. The Morgan fingerprint density at radius 3 is 3.00 bits per heavy atom. The Morgan fingerprint density at radius 1 is 1.42 bits per heavy atom. The Kier molecular flexibility index (Phi) is 2.85. The Morgan fingerprint density at radius 2 is 2.21 bits per heavy atom. The van der Waals surface area contributed by atoms with Crippen molar-refractivity contribution < 1.29 is 4.79 Å². The molecule has 0 spiro atoms. The molecule has 3 N–H and O–H groups in total. The van der Waals surface area contributed by atoms with Gasteiger partial charge in [-0.1, -0.05) is 0 Å². The number of carbonyl (C=O) groups is 1. The van der Waals surface area contributed by atoms with Gasteiger partial charge in [-0.25, -0.2) is 9.78 Å². The number of fused-ring (bicyclic) bond motifs is 1. The van der Waals surface area contributed by atoms with Crippen molar-refractivity contribution in [3.8, 4) is 0 Å². The molecular weight excluding hydrogens is 268 g/mol. The van der Waals surface area contributed by atoms with Crippen LogP contribution in [-0.4, -0.2) is 53.1 Å². The SMILES string of the molecule is Cc1nc(Cl)nc(N2CCN3C(=O)NCC3C2)c1N. The zero-order valence-corrected chi connectivity index (χ0v) is 11.3. The first-order valence-electron chi connectivity index (χ1n) is 6.15. The predicted octanol–water partition coefficient (Wildman–Crippen LogP) is 0.234. The van der Waals surface area contributed by atoms with Gasteiger partial charge in [0.2, 0.25) is 5.28 Å². The summed E-state index contributed by atoms with van der Waals surface area (Å²) in [5.74, 6) is 0.663. The molecule has 2 amide bonds. The summed E-state index contributed by atoms with van der Waals surface area (Å²) in [6.07, 6.45) is 0. The maximum atomic E-state index is 11.6. The molecule has 0 radical (unpaired) electrons. The average Bonchev–Trinajstić information content (AvgIpc) is 2.75. The van der Waals surface area contributed by atoms with Crippen LogP contribution in [0.4, 0.5) is 16.3 Å². The largest absolute Gasteiger partial charge is 0.394 e. The van der Waals surface area contributed by atoms with Gasteiger partial charge in [0.25, 0.3) is 0 Å². The molecule has 2 aliphatic rings. The van der Waals surface area contributed by atoms with Crippen LogP contribution in [0.15, 0.2) is 0 Å². The third-order valence-electron chi connectivity index (χ3n) is 3.62. The number of nitrogens with two attached hydrogens (primary N) is 1. The summed E-state index contributed by atoms with van der Waals surface area (Å²) < 4.78 is 0. The number of carbonyl (C=O) groups excluding carboxylic acids is 1. The molecule has 1 aromatic heterocycles. The molecular formula is C11H15ClN6O. The van der Waals surface area contributed by atoms with Gasteiger partial charge in [0.15, 0.2) is 5.82 Å². The monoisotopic (exact) mass is 282 g/mol. The van der Waals surface area contributed by atoms with E-state index in [9.17, 15) is 4.79 Å². The van der Waals surface area contributed by atoms with E-state index in [0.717, 1.165) is 0 Å². The molecule has 1 unspecified atom stereocenters. The molecule has 7 nitrogen and oxygen atoms in total. The molecule has 0 aromatic carbocycles. The number of piperazine rings is 1. The zero-order valence-electron chi connectivity index (χ0n) is 10.6. The van der Waals surface area contributed by atoms with Crippen LogP contribution in [0, 0.1) is 6.92 Å². The first-order valence-corrected chi connectivity index (χ1v) is 6.53. The number of urea groups is 1. The number of hydrogen-bond donors (Lipinski definition) is 2. The van der Waals surface area contributed by atoms with Gasteiger partial charge in [-0.3, -0.25) is 0 Å². The van der Waals surface area contributed by atoms with E-state index in [-0.39, 0.29) is 17.4 Å². The summed E-state index contributed by atoms with van der Waals surface area (Å²) in [7, 11) is 0. The number of amides is 2. The van der Waals surface area contributed by atoms with E-state index in [1.807, 2.05) is 11.8 Å². The van der Waals surface area contributed by atoms with Crippen LogP contribution in [0.3, 0.4) is 0 Å². The van der Waals surface area contributed by atoms with Gasteiger partial charge in [-0.05, 0) is 18.5 Å². The van der Waals surface area contributed by atoms with Crippen LogP contribution in [0.2, 0.25) is 5.28 Å². The summed E-state index contributed by atoms with van der Waals surface area (Å²) in [4.78, 5) is 23.7. The highest BCUT2D eigenvalue weighted by Crippen LogP contribution is 2.27. The van der Waals surface area contributed by atoms with Gasteiger partial charge in [-0.15, -0.1) is 0 Å². The van der Waals surface area contributed by atoms with Crippen LogP contribution in [-0.2, 0) is 0 Å². The van der Waals surface area contributed by atoms with Crippen molar-refractivity contribution >= 4 is 29.1 Å². The number of anilines is 2. The van der Waals surface area contributed by atoms with Crippen LogP contribution in [0.5, 0.6) is 0 Å². The molecule has 1 atom stereocenters. The van der Waals surface area contributed by atoms with Crippen molar-refractivity contribution in [3.63, 3.8) is 0 Å². The Balaban J connectivity index is 1.86. The Bertz CT molecular complexity index is 536. The van der Waals surface area contributed by atoms with E-state index in [1.165, 1.54) is 0 Å². The molecule has 8 heteroatoms. The smallest absolute Gasteiger partial charge is 0.317 e. The summed E-state index contributed by atoms with van der Waals surface area (Å²) >= 11 is 5.89. The van der Waals surface area contributed by atoms with Crippen LogP contribution in [0.1, 0.15) is 5.69 Å². The number of aromatic nitrogens is 2. The Hall–Kier alpha value is -1.76. The maximum absolute atomic E-state index is 11.6. The van der Waals surface area contributed by atoms with Gasteiger partial charge >= 0.3 is 6.03 Å². The van der Waals surface area contributed by atoms with Gasteiger partial charge in [0.1, 0.15) is 0 Å². The lowest BCUT2D eigenvalue weighted by atomic mass is 10.2. The lowest BCUT2D eigenvalue weighted by Crippen LogP contribution is -2.52. The van der Waals surface area contributed by atoms with E-state index in [4.69, 9.17) is 17.3 Å². The number of hydrogen-bond acceptors (Lipinski definition) is 5. The number of nitrogens with zero attached hydrogens (tertiary/aromatic N) is 4. The predicted molar refractivity (Wildman–Crippen MR) is 72.3 cm³/mol. The second-order valence-corrected chi connectivity index (χ2v) is 5.13. The number of aryl methyl sites for hydroxylation is 1. The van der Waals surface area contributed by atoms with E-state index in [0.29, 0.717) is 43.4 Å². The molecule has 2 fully saturated rings. The number of halogens is 1. The molecule has 0 bridgehead atoms. The topological polar surface area (TPSA) is 87.4 Å². The molecule has 2 aliphatic heterocycles. The molecule has 2 saturated heterocycles. The van der Waals surface area contributed by atoms with Gasteiger partial charge in [0.05, 0.1) is 17.4 Å². The van der Waals surface area contributed by atoms with Crippen molar-refractivity contribution in [2.75, 3.05) is 36.8 Å². The maximum Gasteiger partial charge on any atom is 0.317 e. The van der Waals surface area contributed by atoms with Gasteiger partial charge in [-0.2, -0.15) is 4.98 Å². The van der Waals surface area contributed by atoms with Crippen molar-refractivity contribution in [1.29, 1.82) is 0 Å². The third-order valence-corrected chi connectivity index (χ3v) is 3.79. The summed E-state index contributed by atoms with van der Waals surface area (Å²) in [5, 5.41) is 3.04. The van der Waals surface area contributed by atoms with E-state index < -0.39 is 0 Å². The molecule has 102 valence electrons. The van der Waals surface area contributed by atoms with E-state index in [2.05, 4.69) is 20.2 Å². The number of rotatable bonds is 1. The minimum Gasteiger partial charge on any atom is -0.394 e. The second-order valence-electron chi connectivity index (χ2n) is 4.79. The lowest BCUT2D eigenvalue weighted by molar-refractivity contribution is 0.197.